The number of aromatic nitrogens is 1. The average Bonchev–Trinajstić information content (AvgIpc) is 2.94. The molecule has 0 radical (unpaired) electrons. The van der Waals surface area contributed by atoms with Gasteiger partial charge in [-0.05, 0) is 25.3 Å². The molecule has 1 unspecified atom stereocenters. The Labute approximate surface area is 108 Å². The molecule has 0 aliphatic carbocycles. The highest BCUT2D eigenvalue weighted by molar-refractivity contribution is 7.89. The zero-order valence-corrected chi connectivity index (χ0v) is 11.7. The van der Waals surface area contributed by atoms with Gasteiger partial charge in [0.15, 0.2) is 0 Å². The van der Waals surface area contributed by atoms with E-state index in [0.717, 1.165) is 19.3 Å². The summed E-state index contributed by atoms with van der Waals surface area (Å²) in [5, 5.41) is 9.13. The van der Waals surface area contributed by atoms with Crippen molar-refractivity contribution in [3.05, 3.63) is 18.0 Å². The SMILES string of the molecule is CCC1CCCN1S(=O)(=O)c1cc(CO)n(C)c1. The summed E-state index contributed by atoms with van der Waals surface area (Å²) in [6.45, 7) is 2.47. The summed E-state index contributed by atoms with van der Waals surface area (Å²) >= 11 is 0. The van der Waals surface area contributed by atoms with Crippen LogP contribution in [0.2, 0.25) is 0 Å². The van der Waals surface area contributed by atoms with E-state index in [9.17, 15) is 8.42 Å². The molecule has 1 saturated heterocycles. The monoisotopic (exact) mass is 272 g/mol. The summed E-state index contributed by atoms with van der Waals surface area (Å²) in [4.78, 5) is 0.286. The highest BCUT2D eigenvalue weighted by atomic mass is 32.2. The molecule has 1 aromatic heterocycles. The maximum atomic E-state index is 12.5. The van der Waals surface area contributed by atoms with Crippen molar-refractivity contribution < 1.29 is 13.5 Å². The molecule has 5 nitrogen and oxygen atoms in total. The highest BCUT2D eigenvalue weighted by Crippen LogP contribution is 2.28. The number of aliphatic hydroxyl groups is 1. The van der Waals surface area contributed by atoms with Crippen LogP contribution in [0.4, 0.5) is 0 Å². The van der Waals surface area contributed by atoms with Crippen molar-refractivity contribution in [3.63, 3.8) is 0 Å². The topological polar surface area (TPSA) is 62.5 Å². The minimum atomic E-state index is -3.41. The van der Waals surface area contributed by atoms with E-state index >= 15 is 0 Å². The zero-order valence-electron chi connectivity index (χ0n) is 10.8. The Balaban J connectivity index is 2.35. The molecule has 0 amide bonds. The first-order valence-electron chi connectivity index (χ1n) is 6.28. The molecule has 0 aromatic carbocycles. The standard InChI is InChI=1S/C12H20N2O3S/c1-3-10-5-4-6-14(10)18(16,17)12-7-11(9-15)13(2)8-12/h7-8,10,15H,3-6,9H2,1-2H3. The number of rotatable bonds is 4. The summed E-state index contributed by atoms with van der Waals surface area (Å²) in [6, 6.07) is 1.67. The summed E-state index contributed by atoms with van der Waals surface area (Å²) in [7, 11) is -1.67. The predicted octanol–water partition coefficient (Wildman–Crippen LogP) is 1.08. The van der Waals surface area contributed by atoms with Gasteiger partial charge in [-0.2, -0.15) is 4.31 Å². The van der Waals surface area contributed by atoms with Crippen molar-refractivity contribution in [2.45, 2.75) is 43.7 Å². The van der Waals surface area contributed by atoms with Crippen LogP contribution in [0.5, 0.6) is 0 Å². The van der Waals surface area contributed by atoms with Crippen LogP contribution in [0.15, 0.2) is 17.2 Å². The molecule has 0 spiro atoms. The highest BCUT2D eigenvalue weighted by Gasteiger charge is 2.34. The van der Waals surface area contributed by atoms with Crippen LogP contribution in [-0.2, 0) is 23.7 Å². The van der Waals surface area contributed by atoms with Gasteiger partial charge in [-0.3, -0.25) is 0 Å². The van der Waals surface area contributed by atoms with E-state index in [1.807, 2.05) is 6.92 Å². The lowest BCUT2D eigenvalue weighted by Gasteiger charge is -2.22. The van der Waals surface area contributed by atoms with E-state index in [1.54, 1.807) is 28.2 Å². The first-order chi connectivity index (χ1) is 8.50. The van der Waals surface area contributed by atoms with Gasteiger partial charge in [-0.15, -0.1) is 0 Å². The third-order valence-corrected chi connectivity index (χ3v) is 5.56. The molecule has 1 aromatic rings. The van der Waals surface area contributed by atoms with Gasteiger partial charge < -0.3 is 9.67 Å². The van der Waals surface area contributed by atoms with E-state index in [-0.39, 0.29) is 17.5 Å². The second kappa shape index (κ2) is 5.03. The van der Waals surface area contributed by atoms with Gasteiger partial charge in [-0.25, -0.2) is 8.42 Å². The van der Waals surface area contributed by atoms with Gasteiger partial charge in [-0.1, -0.05) is 6.92 Å². The molecule has 2 heterocycles. The van der Waals surface area contributed by atoms with Crippen molar-refractivity contribution in [1.29, 1.82) is 0 Å². The van der Waals surface area contributed by atoms with Crippen molar-refractivity contribution >= 4 is 10.0 Å². The number of aryl methyl sites for hydroxylation is 1. The summed E-state index contributed by atoms with van der Waals surface area (Å²) in [5.41, 5.74) is 0.612. The fourth-order valence-corrected chi connectivity index (χ4v) is 4.41. The molecule has 1 N–H and O–H groups in total. The van der Waals surface area contributed by atoms with Crippen LogP contribution in [0, 0.1) is 0 Å². The van der Waals surface area contributed by atoms with Crippen molar-refractivity contribution in [3.8, 4) is 0 Å². The largest absolute Gasteiger partial charge is 0.390 e. The van der Waals surface area contributed by atoms with Gasteiger partial charge in [0.25, 0.3) is 0 Å². The Bertz CT molecular complexity index is 521. The third-order valence-electron chi connectivity index (χ3n) is 3.65. The van der Waals surface area contributed by atoms with Crippen molar-refractivity contribution in [2.24, 2.45) is 7.05 Å². The molecule has 1 fully saturated rings. The van der Waals surface area contributed by atoms with Gasteiger partial charge in [0.2, 0.25) is 10.0 Å². The smallest absolute Gasteiger partial charge is 0.244 e. The van der Waals surface area contributed by atoms with Crippen molar-refractivity contribution in [1.82, 2.24) is 8.87 Å². The molecule has 1 atom stereocenters. The summed E-state index contributed by atoms with van der Waals surface area (Å²) < 4.78 is 28.3. The Morgan fingerprint density at radius 1 is 1.50 bits per heavy atom. The number of aliphatic hydroxyl groups excluding tert-OH is 1. The average molecular weight is 272 g/mol. The molecule has 1 aliphatic heterocycles. The fraction of sp³-hybridized carbons (Fsp3) is 0.667. The van der Waals surface area contributed by atoms with Crippen LogP contribution in [-0.4, -0.2) is 35.0 Å². The first kappa shape index (κ1) is 13.6. The number of nitrogens with zero attached hydrogens (tertiary/aromatic N) is 2. The molecule has 18 heavy (non-hydrogen) atoms. The Morgan fingerprint density at radius 3 is 2.78 bits per heavy atom. The molecule has 102 valence electrons. The molecule has 0 saturated carbocycles. The lowest BCUT2D eigenvalue weighted by atomic mass is 10.2. The molecule has 1 aliphatic rings. The predicted molar refractivity (Wildman–Crippen MR) is 68.5 cm³/mol. The van der Waals surface area contributed by atoms with Crippen LogP contribution in [0.1, 0.15) is 31.9 Å². The van der Waals surface area contributed by atoms with Gasteiger partial charge in [0.1, 0.15) is 4.90 Å². The molecule has 6 heteroatoms. The zero-order chi connectivity index (χ0) is 13.3. The van der Waals surface area contributed by atoms with Gasteiger partial charge >= 0.3 is 0 Å². The Hall–Kier alpha value is -0.850. The van der Waals surface area contributed by atoms with Crippen LogP contribution >= 0.6 is 0 Å². The Morgan fingerprint density at radius 2 is 2.22 bits per heavy atom. The molecular weight excluding hydrogens is 252 g/mol. The van der Waals surface area contributed by atoms with Gasteiger partial charge in [0, 0.05) is 31.5 Å². The maximum absolute atomic E-state index is 12.5. The normalized spacial score (nSPS) is 21.6. The Kier molecular flexibility index (Phi) is 3.79. The van der Waals surface area contributed by atoms with E-state index in [4.69, 9.17) is 5.11 Å². The summed E-state index contributed by atoms with van der Waals surface area (Å²) in [5.74, 6) is 0. The van der Waals surface area contributed by atoms with E-state index in [1.165, 1.54) is 0 Å². The second-order valence-corrected chi connectivity index (χ2v) is 6.65. The number of hydrogen-bond donors (Lipinski definition) is 1. The van der Waals surface area contributed by atoms with E-state index in [2.05, 4.69) is 0 Å². The molecule has 0 bridgehead atoms. The first-order valence-corrected chi connectivity index (χ1v) is 7.72. The maximum Gasteiger partial charge on any atom is 0.244 e. The van der Waals surface area contributed by atoms with Crippen molar-refractivity contribution in [2.75, 3.05) is 6.54 Å². The summed E-state index contributed by atoms with van der Waals surface area (Å²) in [6.07, 6.45) is 4.29. The van der Waals surface area contributed by atoms with Crippen LogP contribution < -0.4 is 0 Å². The van der Waals surface area contributed by atoms with Crippen LogP contribution in [0.3, 0.4) is 0 Å². The lowest BCUT2D eigenvalue weighted by Crippen LogP contribution is -2.34. The van der Waals surface area contributed by atoms with Crippen LogP contribution in [0.25, 0.3) is 0 Å². The lowest BCUT2D eigenvalue weighted by molar-refractivity contribution is 0.272. The quantitative estimate of drug-likeness (QED) is 0.892. The van der Waals surface area contributed by atoms with Gasteiger partial charge in [0.05, 0.1) is 6.61 Å². The fourth-order valence-electron chi connectivity index (χ4n) is 2.54. The number of hydrogen-bond acceptors (Lipinski definition) is 3. The van der Waals surface area contributed by atoms with E-state index < -0.39 is 10.0 Å². The number of sulfonamides is 1. The minimum absolute atomic E-state index is 0.118. The molecule has 2 rings (SSSR count). The minimum Gasteiger partial charge on any atom is -0.390 e. The second-order valence-electron chi connectivity index (χ2n) is 4.76. The molecular formula is C12H20N2O3S. The third kappa shape index (κ3) is 2.20. The van der Waals surface area contributed by atoms with E-state index in [0.29, 0.717) is 12.2 Å².